The molecule has 0 aliphatic rings. The van der Waals surface area contributed by atoms with Crippen molar-refractivity contribution in [2.24, 2.45) is 0 Å². The summed E-state index contributed by atoms with van der Waals surface area (Å²) >= 11 is 0. The number of benzene rings is 2. The van der Waals surface area contributed by atoms with Crippen molar-refractivity contribution in [3.05, 3.63) is 65.5 Å². The van der Waals surface area contributed by atoms with E-state index in [-0.39, 0.29) is 4.90 Å². The van der Waals surface area contributed by atoms with Gasteiger partial charge in [0.05, 0.1) is 21.4 Å². The van der Waals surface area contributed by atoms with Crippen LogP contribution >= 0.6 is 0 Å². The maximum atomic E-state index is 13.5. The van der Waals surface area contributed by atoms with E-state index in [0.29, 0.717) is 5.75 Å². The van der Waals surface area contributed by atoms with Gasteiger partial charge >= 0.3 is 0 Å². The molecule has 1 atom stereocenters. The molecule has 1 nitrogen and oxygen atoms in total. The molecule has 0 bridgehead atoms. The zero-order valence-electron chi connectivity index (χ0n) is 9.52. The highest BCUT2D eigenvalue weighted by Gasteiger charge is 2.10. The van der Waals surface area contributed by atoms with Crippen molar-refractivity contribution >= 4 is 10.8 Å². The van der Waals surface area contributed by atoms with Gasteiger partial charge in [-0.2, -0.15) is 0 Å². The minimum atomic E-state index is -1.33. The summed E-state index contributed by atoms with van der Waals surface area (Å²) in [4.78, 5) is 0.274. The predicted octanol–water partition coefficient (Wildman–Crippen LogP) is 3.44. The first-order valence-electron chi connectivity index (χ1n) is 5.36. The Bertz CT molecular complexity index is 551. The zero-order valence-corrected chi connectivity index (χ0v) is 10.3. The van der Waals surface area contributed by atoms with Crippen LogP contribution < -0.4 is 0 Å². The third-order valence-corrected chi connectivity index (χ3v) is 4.02. The van der Waals surface area contributed by atoms with Crippen LogP contribution in [0.3, 0.4) is 0 Å². The first-order chi connectivity index (χ1) is 8.18. The summed E-state index contributed by atoms with van der Waals surface area (Å²) < 4.78 is 25.5. The molecule has 2 rings (SSSR count). The lowest BCUT2D eigenvalue weighted by atomic mass is 10.1. The Kier molecular flexibility index (Phi) is 3.69. The molecule has 0 saturated carbocycles. The van der Waals surface area contributed by atoms with Crippen molar-refractivity contribution < 1.29 is 8.60 Å². The Morgan fingerprint density at radius 1 is 1.06 bits per heavy atom. The van der Waals surface area contributed by atoms with Gasteiger partial charge in [-0.25, -0.2) is 4.39 Å². The molecular formula is C14H13FOS. The molecule has 1 unspecified atom stereocenters. The fraction of sp³-hybridized carbons (Fsp3) is 0.143. The Hall–Kier alpha value is -1.48. The maximum absolute atomic E-state index is 13.5. The fourth-order valence-electron chi connectivity index (χ4n) is 1.62. The number of halogens is 1. The quantitative estimate of drug-likeness (QED) is 0.813. The van der Waals surface area contributed by atoms with Crippen LogP contribution in [0, 0.1) is 12.7 Å². The lowest BCUT2D eigenvalue weighted by Gasteiger charge is -2.06. The van der Waals surface area contributed by atoms with Crippen LogP contribution in [0.25, 0.3) is 0 Å². The van der Waals surface area contributed by atoms with E-state index in [1.807, 2.05) is 31.2 Å². The van der Waals surface area contributed by atoms with Crippen LogP contribution in [0.2, 0.25) is 0 Å². The van der Waals surface area contributed by atoms with Gasteiger partial charge in [0.2, 0.25) is 0 Å². The molecule has 0 radical (unpaired) electrons. The van der Waals surface area contributed by atoms with Crippen LogP contribution in [0.1, 0.15) is 11.1 Å². The van der Waals surface area contributed by atoms with Gasteiger partial charge in [-0.3, -0.25) is 4.21 Å². The van der Waals surface area contributed by atoms with Crippen LogP contribution in [0.15, 0.2) is 53.4 Å². The van der Waals surface area contributed by atoms with Crippen LogP contribution in [-0.2, 0) is 16.6 Å². The molecule has 0 amide bonds. The number of rotatable bonds is 3. The third-order valence-electron chi connectivity index (χ3n) is 2.63. The van der Waals surface area contributed by atoms with Crippen molar-refractivity contribution in [1.29, 1.82) is 0 Å². The third kappa shape index (κ3) is 2.80. The van der Waals surface area contributed by atoms with Gasteiger partial charge in [0.25, 0.3) is 0 Å². The number of hydrogen-bond acceptors (Lipinski definition) is 1. The van der Waals surface area contributed by atoms with Crippen LogP contribution in [0.4, 0.5) is 4.39 Å². The van der Waals surface area contributed by atoms with Crippen molar-refractivity contribution in [3.63, 3.8) is 0 Å². The van der Waals surface area contributed by atoms with Gasteiger partial charge in [-0.05, 0) is 30.2 Å². The highest BCUT2D eigenvalue weighted by molar-refractivity contribution is 7.84. The van der Waals surface area contributed by atoms with E-state index in [4.69, 9.17) is 0 Å². The van der Waals surface area contributed by atoms with Gasteiger partial charge in [0.15, 0.2) is 0 Å². The van der Waals surface area contributed by atoms with Gasteiger partial charge < -0.3 is 0 Å². The standard InChI is InChI=1S/C14H13FOS/c1-11-6-2-3-7-12(11)10-17(16)14-9-5-4-8-13(14)15/h2-9H,10H2,1H3. The van der Waals surface area contributed by atoms with E-state index in [0.717, 1.165) is 11.1 Å². The molecule has 88 valence electrons. The second-order valence-electron chi connectivity index (χ2n) is 3.85. The van der Waals surface area contributed by atoms with E-state index < -0.39 is 16.6 Å². The molecule has 0 fully saturated rings. The van der Waals surface area contributed by atoms with Gasteiger partial charge in [0, 0.05) is 0 Å². The summed E-state index contributed by atoms with van der Waals surface area (Å²) in [6.07, 6.45) is 0. The van der Waals surface area contributed by atoms with Gasteiger partial charge in [0.1, 0.15) is 5.82 Å². The van der Waals surface area contributed by atoms with E-state index in [2.05, 4.69) is 0 Å². The molecule has 0 saturated heterocycles. The molecule has 0 N–H and O–H groups in total. The highest BCUT2D eigenvalue weighted by Crippen LogP contribution is 2.17. The average Bonchev–Trinajstić information content (AvgIpc) is 2.32. The molecule has 0 aliphatic heterocycles. The van der Waals surface area contributed by atoms with E-state index >= 15 is 0 Å². The fourth-order valence-corrected chi connectivity index (χ4v) is 2.90. The highest BCUT2D eigenvalue weighted by atomic mass is 32.2. The van der Waals surface area contributed by atoms with Crippen molar-refractivity contribution in [2.45, 2.75) is 17.6 Å². The molecule has 3 heteroatoms. The SMILES string of the molecule is Cc1ccccc1CS(=O)c1ccccc1F. The average molecular weight is 248 g/mol. The number of aryl methyl sites for hydroxylation is 1. The summed E-state index contributed by atoms with van der Waals surface area (Å²) in [6, 6.07) is 13.9. The largest absolute Gasteiger partial charge is 0.254 e. The first kappa shape index (κ1) is 12.0. The van der Waals surface area contributed by atoms with Crippen molar-refractivity contribution in [3.8, 4) is 0 Å². The Labute approximate surface area is 103 Å². The van der Waals surface area contributed by atoms with E-state index in [1.54, 1.807) is 18.2 Å². The molecule has 2 aromatic rings. The second kappa shape index (κ2) is 5.23. The maximum Gasteiger partial charge on any atom is 0.139 e. The Morgan fingerprint density at radius 2 is 1.71 bits per heavy atom. The monoisotopic (exact) mass is 248 g/mol. The van der Waals surface area contributed by atoms with Gasteiger partial charge in [-0.15, -0.1) is 0 Å². The first-order valence-corrected chi connectivity index (χ1v) is 6.68. The summed E-state index contributed by atoms with van der Waals surface area (Å²) in [5.74, 6) is -0.0485. The second-order valence-corrected chi connectivity index (χ2v) is 5.27. The summed E-state index contributed by atoms with van der Waals surface area (Å²) in [5, 5.41) is 0. The minimum absolute atomic E-state index is 0.274. The molecular weight excluding hydrogens is 235 g/mol. The lowest BCUT2D eigenvalue weighted by Crippen LogP contribution is -2.00. The molecule has 2 aromatic carbocycles. The topological polar surface area (TPSA) is 17.1 Å². The molecule has 17 heavy (non-hydrogen) atoms. The van der Waals surface area contributed by atoms with Crippen molar-refractivity contribution in [1.82, 2.24) is 0 Å². The number of hydrogen-bond donors (Lipinski definition) is 0. The van der Waals surface area contributed by atoms with Gasteiger partial charge in [-0.1, -0.05) is 36.4 Å². The smallest absolute Gasteiger partial charge is 0.139 e. The van der Waals surface area contributed by atoms with E-state index in [9.17, 15) is 8.60 Å². The zero-order chi connectivity index (χ0) is 12.3. The molecule has 0 aromatic heterocycles. The van der Waals surface area contributed by atoms with Crippen LogP contribution in [-0.4, -0.2) is 4.21 Å². The summed E-state index contributed by atoms with van der Waals surface area (Å²) in [5.41, 5.74) is 2.08. The normalized spacial score (nSPS) is 12.4. The Balaban J connectivity index is 2.24. The molecule has 0 spiro atoms. The van der Waals surface area contributed by atoms with E-state index in [1.165, 1.54) is 6.07 Å². The van der Waals surface area contributed by atoms with Crippen molar-refractivity contribution in [2.75, 3.05) is 0 Å². The minimum Gasteiger partial charge on any atom is -0.254 e. The molecule has 0 aliphatic carbocycles. The molecule has 0 heterocycles. The predicted molar refractivity (Wildman–Crippen MR) is 67.7 cm³/mol. The summed E-state index contributed by atoms with van der Waals surface area (Å²) in [7, 11) is -1.33. The Morgan fingerprint density at radius 3 is 2.41 bits per heavy atom. The van der Waals surface area contributed by atoms with Crippen LogP contribution in [0.5, 0.6) is 0 Å². The summed E-state index contributed by atoms with van der Waals surface area (Å²) in [6.45, 7) is 1.97. The lowest BCUT2D eigenvalue weighted by molar-refractivity contribution is 0.595.